The molecule has 0 bridgehead atoms. The fraction of sp³-hybridized carbons (Fsp3) is 0.500. The van der Waals surface area contributed by atoms with Crippen molar-refractivity contribution < 1.29 is 0 Å². The lowest BCUT2D eigenvalue weighted by Crippen LogP contribution is -1.89. The van der Waals surface area contributed by atoms with Crippen LogP contribution in [-0.2, 0) is 0 Å². The lowest BCUT2D eigenvalue weighted by molar-refractivity contribution is 0.809. The van der Waals surface area contributed by atoms with E-state index in [-0.39, 0.29) is 0 Å². The Morgan fingerprint density at radius 2 is 2.20 bits per heavy atom. The van der Waals surface area contributed by atoms with E-state index in [0.29, 0.717) is 0 Å². The van der Waals surface area contributed by atoms with Crippen LogP contribution in [0.4, 0.5) is 0 Å². The molecule has 0 radical (unpaired) electrons. The van der Waals surface area contributed by atoms with Crippen molar-refractivity contribution >= 4 is 12.8 Å². The second kappa shape index (κ2) is 1.91. The number of nitrogens with zero attached hydrogens (tertiary/aromatic N) is 2. The van der Waals surface area contributed by atoms with Gasteiger partial charge in [-0.25, -0.2) is 0 Å². The minimum Gasteiger partial charge on any atom is -0.259 e. The molecule has 0 rings (SSSR count). The lowest BCUT2D eigenvalue weighted by atomic mass is 11.2. The maximum Gasteiger partial charge on any atom is 0.189 e. The third-order valence-corrected chi connectivity index (χ3v) is 0.234. The van der Waals surface area contributed by atoms with Crippen molar-refractivity contribution in [3.63, 3.8) is 0 Å². The van der Waals surface area contributed by atoms with E-state index in [1.165, 1.54) is 0 Å². The quantitative estimate of drug-likeness (QED) is 0.261. The standard InChI is InChI=1S/C2H4N2S/c1-4(5)2-3/h5H,1H3. The second-order valence-corrected chi connectivity index (χ2v) is 1.22. The van der Waals surface area contributed by atoms with Crippen LogP contribution in [0.1, 0.15) is 0 Å². The molecule has 0 atom stereocenters. The Bertz CT molecular complexity index is 53.2. The molecule has 0 unspecified atom stereocenters. The van der Waals surface area contributed by atoms with Crippen molar-refractivity contribution in [2.75, 3.05) is 7.05 Å². The summed E-state index contributed by atoms with van der Waals surface area (Å²) < 4.78 is 1.12. The first-order chi connectivity index (χ1) is 2.27. The average molecular weight is 88.1 g/mol. The largest absolute Gasteiger partial charge is 0.259 e. The minimum absolute atomic E-state index is 1.12. The predicted octanol–water partition coefficient (Wildman–Crippen LogP) is 0.244. The summed E-state index contributed by atoms with van der Waals surface area (Å²) in [6.45, 7) is 0. The molecule has 0 fully saturated rings. The first-order valence-electron chi connectivity index (χ1n) is 1.09. The Balaban J connectivity index is 2.94. The van der Waals surface area contributed by atoms with Crippen molar-refractivity contribution in [3.05, 3.63) is 0 Å². The number of nitriles is 1. The van der Waals surface area contributed by atoms with Gasteiger partial charge in [0.15, 0.2) is 6.19 Å². The van der Waals surface area contributed by atoms with Crippen LogP contribution in [0, 0.1) is 11.5 Å². The highest BCUT2D eigenvalue weighted by Crippen LogP contribution is 1.75. The maximum absolute atomic E-state index is 7.74. The third kappa shape index (κ3) is 3.64. The highest BCUT2D eigenvalue weighted by Gasteiger charge is 1.68. The van der Waals surface area contributed by atoms with Gasteiger partial charge in [-0.2, -0.15) is 5.26 Å². The Kier molecular flexibility index (Phi) is 1.78. The molecule has 2 nitrogen and oxygen atoms in total. The van der Waals surface area contributed by atoms with E-state index in [1.54, 1.807) is 13.2 Å². The second-order valence-electron chi connectivity index (χ2n) is 0.624. The van der Waals surface area contributed by atoms with Crippen molar-refractivity contribution in [2.24, 2.45) is 0 Å². The molecule has 0 aliphatic rings. The monoisotopic (exact) mass is 88.0 g/mol. The molecular weight excluding hydrogens is 84.1 g/mol. The molecule has 3 heteroatoms. The van der Waals surface area contributed by atoms with E-state index in [0.717, 1.165) is 4.31 Å². The maximum atomic E-state index is 7.74. The molecule has 0 heterocycles. The molecule has 0 saturated heterocycles. The zero-order valence-corrected chi connectivity index (χ0v) is 3.74. The van der Waals surface area contributed by atoms with Crippen molar-refractivity contribution in [3.8, 4) is 6.19 Å². The fourth-order valence-corrected chi connectivity index (χ4v) is 0. The number of thiol groups is 1. The van der Waals surface area contributed by atoms with Gasteiger partial charge in [0, 0.05) is 7.05 Å². The van der Waals surface area contributed by atoms with Gasteiger partial charge >= 0.3 is 0 Å². The smallest absolute Gasteiger partial charge is 0.189 e. The van der Waals surface area contributed by atoms with Crippen LogP contribution in [0.2, 0.25) is 0 Å². The minimum atomic E-state index is 1.12. The van der Waals surface area contributed by atoms with Gasteiger partial charge in [-0.05, 0) is 0 Å². The van der Waals surface area contributed by atoms with E-state index >= 15 is 0 Å². The molecule has 28 valence electrons. The summed E-state index contributed by atoms with van der Waals surface area (Å²) >= 11 is 3.57. The van der Waals surface area contributed by atoms with Gasteiger partial charge in [0.25, 0.3) is 0 Å². The zero-order valence-electron chi connectivity index (χ0n) is 2.84. The number of hydrogen-bond donors (Lipinski definition) is 1. The summed E-state index contributed by atoms with van der Waals surface area (Å²) in [5.41, 5.74) is 0. The fourth-order valence-electron chi connectivity index (χ4n) is 0. The van der Waals surface area contributed by atoms with Crippen molar-refractivity contribution in [1.82, 2.24) is 4.31 Å². The molecule has 0 aromatic rings. The van der Waals surface area contributed by atoms with Crippen molar-refractivity contribution in [2.45, 2.75) is 0 Å². The van der Waals surface area contributed by atoms with Crippen LogP contribution >= 0.6 is 12.8 Å². The highest BCUT2D eigenvalue weighted by molar-refractivity contribution is 7.77. The number of hydrogen-bond acceptors (Lipinski definition) is 3. The van der Waals surface area contributed by atoms with E-state index in [4.69, 9.17) is 5.26 Å². The normalized spacial score (nSPS) is 5.80. The molecule has 0 aromatic heterocycles. The molecule has 0 N–H and O–H groups in total. The summed E-state index contributed by atoms with van der Waals surface area (Å²) in [5, 5.41) is 7.74. The van der Waals surface area contributed by atoms with Crippen LogP contribution in [0.3, 0.4) is 0 Å². The molecular formula is C2H4N2S. The molecule has 0 aliphatic heterocycles. The van der Waals surface area contributed by atoms with Gasteiger partial charge in [-0.3, -0.25) is 4.31 Å². The lowest BCUT2D eigenvalue weighted by Gasteiger charge is -1.87. The molecule has 5 heavy (non-hydrogen) atoms. The van der Waals surface area contributed by atoms with Gasteiger partial charge in [0.2, 0.25) is 0 Å². The van der Waals surface area contributed by atoms with Crippen molar-refractivity contribution in [1.29, 1.82) is 5.26 Å². The molecule has 0 saturated carbocycles. The Labute approximate surface area is 36.5 Å². The predicted molar refractivity (Wildman–Crippen MR) is 22.4 cm³/mol. The summed E-state index contributed by atoms with van der Waals surface area (Å²) in [4.78, 5) is 0. The number of rotatable bonds is 0. The first-order valence-corrected chi connectivity index (χ1v) is 1.49. The van der Waals surface area contributed by atoms with E-state index < -0.39 is 0 Å². The van der Waals surface area contributed by atoms with Crippen LogP contribution in [-0.4, -0.2) is 11.4 Å². The van der Waals surface area contributed by atoms with Gasteiger partial charge in [-0.1, -0.05) is 12.8 Å². The van der Waals surface area contributed by atoms with Gasteiger partial charge < -0.3 is 0 Å². The van der Waals surface area contributed by atoms with Gasteiger partial charge in [-0.15, -0.1) is 0 Å². The van der Waals surface area contributed by atoms with Crippen LogP contribution in [0.25, 0.3) is 0 Å². The van der Waals surface area contributed by atoms with Crippen LogP contribution in [0.15, 0.2) is 0 Å². The van der Waals surface area contributed by atoms with E-state index in [2.05, 4.69) is 12.8 Å². The molecule has 0 aliphatic carbocycles. The summed E-state index contributed by atoms with van der Waals surface area (Å²) in [6.07, 6.45) is 1.73. The van der Waals surface area contributed by atoms with Gasteiger partial charge in [0.05, 0.1) is 0 Å². The first kappa shape index (κ1) is 4.64. The summed E-state index contributed by atoms with van der Waals surface area (Å²) in [6, 6.07) is 0. The van der Waals surface area contributed by atoms with E-state index in [1.807, 2.05) is 0 Å². The Morgan fingerprint density at radius 1 is 2.00 bits per heavy atom. The topological polar surface area (TPSA) is 27.0 Å². The third-order valence-electron chi connectivity index (χ3n) is 0.145. The molecule has 0 spiro atoms. The Morgan fingerprint density at radius 3 is 2.20 bits per heavy atom. The zero-order chi connectivity index (χ0) is 4.28. The Hall–Kier alpha value is -0.360. The van der Waals surface area contributed by atoms with E-state index in [9.17, 15) is 0 Å². The molecule has 0 aromatic carbocycles. The van der Waals surface area contributed by atoms with Crippen LogP contribution < -0.4 is 0 Å². The summed E-state index contributed by atoms with van der Waals surface area (Å²) in [7, 11) is 1.56. The highest BCUT2D eigenvalue weighted by atomic mass is 32.1. The molecule has 0 amide bonds. The van der Waals surface area contributed by atoms with Gasteiger partial charge in [0.1, 0.15) is 0 Å². The summed E-state index contributed by atoms with van der Waals surface area (Å²) in [5.74, 6) is 0. The SMILES string of the molecule is CN(S)C#N. The van der Waals surface area contributed by atoms with Crippen LogP contribution in [0.5, 0.6) is 0 Å². The average Bonchev–Trinajstić information content (AvgIpc) is 1.38.